The number of hydrogen-bond acceptors (Lipinski definition) is 8. The number of ether oxygens (including phenoxy) is 1. The molecule has 3 aliphatic rings. The number of fused-ring (bicyclic) bond motifs is 2. The number of allylic oxidation sites excluding steroid dienone is 1. The number of hydrogen-bond donors (Lipinski definition) is 1. The van der Waals surface area contributed by atoms with Crippen LogP contribution in [0.25, 0.3) is 16.5 Å². The number of rotatable bonds is 6. The summed E-state index contributed by atoms with van der Waals surface area (Å²) in [6.45, 7) is 4.15. The minimum absolute atomic E-state index is 0. The molecule has 1 N–H and O–H groups in total. The van der Waals surface area contributed by atoms with Crippen LogP contribution in [0.5, 0.6) is 5.88 Å². The zero-order valence-corrected chi connectivity index (χ0v) is 24.2. The lowest BCUT2D eigenvalue weighted by Crippen LogP contribution is -2.35. The standard InChI is InChI=1S/C32H36N8O2.H2/c1-38-11-7-24(8-12-38)40-19-23(18-36-40)37-31(41)22-16-27-26(4-6-29(27)33-17-22)21-3-5-30-28(15-21)32(35-20-34-30)42-25-9-13-39(2)14-10-25;/h3-5,15-20,24-25H,6-14H2,1-2H3,(H,37,41);1H. The molecule has 1 aliphatic carbocycles. The molecule has 0 atom stereocenters. The van der Waals surface area contributed by atoms with Crippen LogP contribution in [0.2, 0.25) is 0 Å². The molecule has 0 bridgehead atoms. The highest BCUT2D eigenvalue weighted by Gasteiger charge is 2.23. The number of carbonyl (C=O) groups excluding carboxylic acids is 1. The average molecular weight is 567 g/mol. The number of pyridine rings is 1. The van der Waals surface area contributed by atoms with Gasteiger partial charge in [0.15, 0.2) is 0 Å². The molecule has 3 aromatic heterocycles. The van der Waals surface area contributed by atoms with Gasteiger partial charge < -0.3 is 19.9 Å². The fraction of sp³-hybridized carbons (Fsp3) is 0.406. The molecule has 7 rings (SSSR count). The first-order valence-electron chi connectivity index (χ1n) is 14.8. The third-order valence-corrected chi connectivity index (χ3v) is 8.80. The minimum Gasteiger partial charge on any atom is -0.474 e. The quantitative estimate of drug-likeness (QED) is 0.366. The van der Waals surface area contributed by atoms with Crippen molar-refractivity contribution in [3.8, 4) is 5.88 Å². The van der Waals surface area contributed by atoms with Crippen LogP contribution >= 0.6 is 0 Å². The van der Waals surface area contributed by atoms with E-state index < -0.39 is 0 Å². The summed E-state index contributed by atoms with van der Waals surface area (Å²) in [5.41, 5.74) is 6.08. The number of benzene rings is 1. The van der Waals surface area contributed by atoms with Gasteiger partial charge in [0.05, 0.1) is 40.1 Å². The molecular formula is C32H38N8O2. The number of amides is 1. The zero-order chi connectivity index (χ0) is 28.6. The van der Waals surface area contributed by atoms with Gasteiger partial charge in [0.2, 0.25) is 5.88 Å². The van der Waals surface area contributed by atoms with Gasteiger partial charge >= 0.3 is 0 Å². The van der Waals surface area contributed by atoms with Crippen molar-refractivity contribution in [2.24, 2.45) is 0 Å². The molecule has 2 aliphatic heterocycles. The first-order valence-corrected chi connectivity index (χ1v) is 14.8. The monoisotopic (exact) mass is 566 g/mol. The van der Waals surface area contributed by atoms with Gasteiger partial charge in [0.1, 0.15) is 12.4 Å². The normalized spacial score (nSPS) is 18.7. The molecular weight excluding hydrogens is 528 g/mol. The molecule has 10 nitrogen and oxygen atoms in total. The molecule has 5 heterocycles. The molecule has 1 amide bonds. The van der Waals surface area contributed by atoms with E-state index in [1.165, 1.54) is 0 Å². The van der Waals surface area contributed by atoms with Gasteiger partial charge in [-0.3, -0.25) is 14.5 Å². The molecule has 0 unspecified atom stereocenters. The lowest BCUT2D eigenvalue weighted by Gasteiger charge is -2.29. The smallest absolute Gasteiger partial charge is 0.257 e. The molecule has 1 aromatic carbocycles. The first kappa shape index (κ1) is 26.7. The van der Waals surface area contributed by atoms with Gasteiger partial charge in [-0.1, -0.05) is 12.1 Å². The van der Waals surface area contributed by atoms with Crippen molar-refractivity contribution in [2.45, 2.75) is 44.2 Å². The van der Waals surface area contributed by atoms with E-state index in [0.29, 0.717) is 23.2 Å². The van der Waals surface area contributed by atoms with Gasteiger partial charge in [0, 0.05) is 38.9 Å². The van der Waals surface area contributed by atoms with Crippen molar-refractivity contribution in [3.63, 3.8) is 0 Å². The summed E-state index contributed by atoms with van der Waals surface area (Å²) < 4.78 is 8.37. The number of likely N-dealkylation sites (tertiary alicyclic amines) is 2. The Balaban J connectivity index is 0.00000329. The summed E-state index contributed by atoms with van der Waals surface area (Å²) in [7, 11) is 4.29. The Morgan fingerprint density at radius 3 is 2.57 bits per heavy atom. The molecule has 2 saturated heterocycles. The van der Waals surface area contributed by atoms with Crippen molar-refractivity contribution in [1.29, 1.82) is 0 Å². The maximum absolute atomic E-state index is 13.3. The SMILES string of the molecule is CN1CCC(Oc2ncnc3ccc(C4=CCc5ncc(C(=O)Nc6cnn(C7CCN(C)CC7)c6)cc54)cc23)CC1.[HH]. The van der Waals surface area contributed by atoms with E-state index in [1.54, 1.807) is 18.7 Å². The Hall–Kier alpha value is -4.15. The van der Waals surface area contributed by atoms with E-state index in [9.17, 15) is 4.79 Å². The summed E-state index contributed by atoms with van der Waals surface area (Å²) in [6.07, 6.45) is 14.0. The lowest BCUT2D eigenvalue weighted by atomic mass is 9.98. The summed E-state index contributed by atoms with van der Waals surface area (Å²) in [5.74, 6) is 0.433. The summed E-state index contributed by atoms with van der Waals surface area (Å²) in [5, 5.41) is 8.44. The van der Waals surface area contributed by atoms with E-state index in [1.807, 2.05) is 23.0 Å². The highest BCUT2D eigenvalue weighted by atomic mass is 16.5. The van der Waals surface area contributed by atoms with E-state index in [-0.39, 0.29) is 13.4 Å². The van der Waals surface area contributed by atoms with E-state index >= 15 is 0 Å². The molecule has 0 spiro atoms. The highest BCUT2D eigenvalue weighted by molar-refractivity contribution is 6.05. The van der Waals surface area contributed by atoms with Crippen LogP contribution in [-0.4, -0.2) is 86.8 Å². The molecule has 0 saturated carbocycles. The molecule has 218 valence electrons. The number of nitrogens with zero attached hydrogens (tertiary/aromatic N) is 7. The van der Waals surface area contributed by atoms with Crippen LogP contribution in [0.1, 0.15) is 60.3 Å². The average Bonchev–Trinajstić information content (AvgIpc) is 3.66. The Bertz CT molecular complexity index is 1650. The summed E-state index contributed by atoms with van der Waals surface area (Å²) in [4.78, 5) is 31.6. The fourth-order valence-corrected chi connectivity index (χ4v) is 6.22. The molecule has 10 heteroatoms. The molecule has 2 fully saturated rings. The Labute approximate surface area is 246 Å². The van der Waals surface area contributed by atoms with E-state index in [4.69, 9.17) is 4.74 Å². The second-order valence-electron chi connectivity index (χ2n) is 11.8. The van der Waals surface area contributed by atoms with Gasteiger partial charge in [0.25, 0.3) is 5.91 Å². The number of anilines is 1. The van der Waals surface area contributed by atoms with Crippen LogP contribution in [0.4, 0.5) is 5.69 Å². The predicted octanol–water partition coefficient (Wildman–Crippen LogP) is 4.45. The number of aromatic nitrogens is 5. The van der Waals surface area contributed by atoms with Crippen molar-refractivity contribution < 1.29 is 11.0 Å². The van der Waals surface area contributed by atoms with Gasteiger partial charge in [-0.2, -0.15) is 5.10 Å². The van der Waals surface area contributed by atoms with Gasteiger partial charge in [-0.15, -0.1) is 0 Å². The number of carbonyl (C=O) groups is 1. The number of nitrogens with one attached hydrogen (secondary N) is 1. The van der Waals surface area contributed by atoms with Crippen molar-refractivity contribution in [3.05, 3.63) is 77.6 Å². The van der Waals surface area contributed by atoms with E-state index in [0.717, 1.165) is 91.6 Å². The van der Waals surface area contributed by atoms with Crippen LogP contribution in [0.15, 0.2) is 55.3 Å². The van der Waals surface area contributed by atoms with Crippen LogP contribution in [0, 0.1) is 0 Å². The zero-order valence-electron chi connectivity index (χ0n) is 24.2. The Morgan fingerprint density at radius 1 is 0.976 bits per heavy atom. The lowest BCUT2D eigenvalue weighted by molar-refractivity contribution is 0.102. The predicted molar refractivity (Wildman–Crippen MR) is 164 cm³/mol. The Morgan fingerprint density at radius 2 is 1.76 bits per heavy atom. The van der Waals surface area contributed by atoms with Crippen LogP contribution < -0.4 is 10.1 Å². The maximum Gasteiger partial charge on any atom is 0.257 e. The molecule has 0 radical (unpaired) electrons. The first-order chi connectivity index (χ1) is 20.5. The van der Waals surface area contributed by atoms with Crippen LogP contribution in [0.3, 0.4) is 0 Å². The van der Waals surface area contributed by atoms with E-state index in [2.05, 4.69) is 67.5 Å². The van der Waals surface area contributed by atoms with Crippen molar-refractivity contribution in [2.75, 3.05) is 45.6 Å². The van der Waals surface area contributed by atoms with Crippen molar-refractivity contribution >= 4 is 28.1 Å². The topological polar surface area (TPSA) is 101 Å². The van der Waals surface area contributed by atoms with Gasteiger partial charge in [-0.25, -0.2) is 9.97 Å². The third kappa shape index (κ3) is 5.39. The second-order valence-corrected chi connectivity index (χ2v) is 11.8. The maximum atomic E-state index is 13.3. The van der Waals surface area contributed by atoms with Crippen LogP contribution in [-0.2, 0) is 6.42 Å². The van der Waals surface area contributed by atoms with Crippen molar-refractivity contribution in [1.82, 2.24) is 34.5 Å². The summed E-state index contributed by atoms with van der Waals surface area (Å²) in [6, 6.07) is 8.49. The fourth-order valence-electron chi connectivity index (χ4n) is 6.22. The largest absolute Gasteiger partial charge is 0.474 e. The second kappa shape index (κ2) is 11.3. The highest BCUT2D eigenvalue weighted by Crippen LogP contribution is 2.35. The molecule has 42 heavy (non-hydrogen) atoms. The summed E-state index contributed by atoms with van der Waals surface area (Å²) >= 11 is 0. The minimum atomic E-state index is -0.194. The number of piperidine rings is 2. The van der Waals surface area contributed by atoms with Gasteiger partial charge in [-0.05, 0) is 82.2 Å². The Kier molecular flexibility index (Phi) is 7.17. The third-order valence-electron chi connectivity index (χ3n) is 8.80. The molecule has 4 aromatic rings.